The Kier molecular flexibility index (Phi) is 13.5. The summed E-state index contributed by atoms with van der Waals surface area (Å²) in [5.41, 5.74) is 9.85. The van der Waals surface area contributed by atoms with Crippen molar-refractivity contribution in [1.82, 2.24) is 38.7 Å². The second-order valence-corrected chi connectivity index (χ2v) is 16.8. The molecule has 3 aliphatic heterocycles. The van der Waals surface area contributed by atoms with Gasteiger partial charge in [-0.15, -0.1) is 0 Å². The average molecular weight is 996 g/mol. The maximum atomic E-state index is 14.5. The van der Waals surface area contributed by atoms with E-state index < -0.39 is 0 Å². The number of imidazole rings is 2. The summed E-state index contributed by atoms with van der Waals surface area (Å²) < 4.78 is 54.5. The quantitative estimate of drug-likeness (QED) is 0.104. The van der Waals surface area contributed by atoms with Gasteiger partial charge < -0.3 is 39.3 Å². The molecule has 0 unspecified atom stereocenters. The predicted octanol–water partition coefficient (Wildman–Crippen LogP) is 9.62. The highest BCUT2D eigenvalue weighted by atomic mass is 79.9. The molecule has 2 aromatic carbocycles. The SMILES string of the molecule is Cc1cnc(C2OCCO2)cc1C.[C-]#[N+]c1cn2c(NCc3c(F)ccc4c3CCO4)ncc(-c3cnc(C=O)cc3C)c2n1.[C-]#[N+]c1cn2c(NCc3c(F)ccc4c3CCO4)ncc(Br)c2n1. The zero-order valence-corrected chi connectivity index (χ0v) is 39.0. The maximum absolute atomic E-state index is 14.5. The smallest absolute Gasteiger partial charge is 0.288 e. The highest BCUT2D eigenvalue weighted by molar-refractivity contribution is 9.10. The highest BCUT2D eigenvalue weighted by Gasteiger charge is 2.24. The number of carbonyl (C=O) groups excluding carboxylic acids is 1. The van der Waals surface area contributed by atoms with E-state index in [1.165, 1.54) is 23.3 Å². The van der Waals surface area contributed by atoms with E-state index in [2.05, 4.69) is 73.1 Å². The molecule has 3 aliphatic rings. The number of aromatic nitrogens is 8. The molecule has 17 nitrogen and oxygen atoms in total. The fraction of sp³-hybridized carbons (Fsp3) is 0.245. The van der Waals surface area contributed by atoms with Crippen LogP contribution < -0.4 is 20.1 Å². The number of pyridine rings is 2. The normalized spacial score (nSPS) is 13.5. The molecule has 0 atom stereocenters. The summed E-state index contributed by atoms with van der Waals surface area (Å²) in [5.74, 6) is 2.26. The first kappa shape index (κ1) is 46.2. The number of benzene rings is 2. The van der Waals surface area contributed by atoms with Gasteiger partial charge in [-0.2, -0.15) is 0 Å². The summed E-state index contributed by atoms with van der Waals surface area (Å²) in [5, 5.41) is 6.31. The summed E-state index contributed by atoms with van der Waals surface area (Å²) >= 11 is 3.37. The molecule has 0 aliphatic carbocycles. The van der Waals surface area contributed by atoms with Gasteiger partial charge in [0.25, 0.3) is 11.6 Å². The van der Waals surface area contributed by atoms with Crippen molar-refractivity contribution >= 4 is 57.0 Å². The third kappa shape index (κ3) is 9.63. The van der Waals surface area contributed by atoms with Crippen LogP contribution in [0.3, 0.4) is 0 Å². The maximum Gasteiger partial charge on any atom is 0.288 e. The van der Waals surface area contributed by atoms with Crippen LogP contribution in [-0.4, -0.2) is 71.4 Å². The fourth-order valence-electron chi connectivity index (χ4n) is 8.04. The summed E-state index contributed by atoms with van der Waals surface area (Å²) in [6.07, 6.45) is 11.7. The lowest BCUT2D eigenvalue weighted by atomic mass is 10.0. The summed E-state index contributed by atoms with van der Waals surface area (Å²) in [6, 6.07) is 9.84. The van der Waals surface area contributed by atoms with Crippen LogP contribution in [0.2, 0.25) is 0 Å². The number of carbonyl (C=O) groups is 1. The monoisotopic (exact) mass is 994 g/mol. The number of aryl methyl sites for hydroxylation is 3. The van der Waals surface area contributed by atoms with E-state index in [1.807, 2.05) is 26.1 Å². The van der Waals surface area contributed by atoms with Gasteiger partial charge >= 0.3 is 0 Å². The Morgan fingerprint density at radius 2 is 1.28 bits per heavy atom. The zero-order chi connectivity index (χ0) is 48.2. The summed E-state index contributed by atoms with van der Waals surface area (Å²) in [6.45, 7) is 23.4. The van der Waals surface area contributed by atoms with Gasteiger partial charge in [0, 0.05) is 84.7 Å². The van der Waals surface area contributed by atoms with Gasteiger partial charge in [-0.25, -0.2) is 18.7 Å². The van der Waals surface area contributed by atoms with Crippen molar-refractivity contribution in [2.45, 2.75) is 53.0 Å². The van der Waals surface area contributed by atoms with Crippen molar-refractivity contribution in [3.05, 3.63) is 163 Å². The first-order valence-corrected chi connectivity index (χ1v) is 22.4. The van der Waals surface area contributed by atoms with Crippen molar-refractivity contribution in [3.63, 3.8) is 0 Å². The minimum absolute atomic E-state index is 0.206. The number of hydrogen-bond acceptors (Lipinski definition) is 13. The van der Waals surface area contributed by atoms with Crippen LogP contribution in [0, 0.1) is 45.5 Å². The number of hydrogen-bond donors (Lipinski definition) is 2. The number of rotatable bonds is 9. The number of fused-ring (bicyclic) bond motifs is 4. The molecule has 11 rings (SSSR count). The number of aldehydes is 1. The topological polar surface area (TPSA) is 173 Å². The van der Waals surface area contributed by atoms with E-state index in [0.717, 1.165) is 33.7 Å². The van der Waals surface area contributed by atoms with Crippen LogP contribution >= 0.6 is 15.9 Å². The van der Waals surface area contributed by atoms with Crippen molar-refractivity contribution < 1.29 is 32.5 Å². The summed E-state index contributed by atoms with van der Waals surface area (Å²) in [4.78, 5) is 43.7. The summed E-state index contributed by atoms with van der Waals surface area (Å²) in [7, 11) is 0. The van der Waals surface area contributed by atoms with Gasteiger partial charge in [-0.05, 0) is 89.8 Å². The predicted molar refractivity (Wildman–Crippen MR) is 254 cm³/mol. The Morgan fingerprint density at radius 3 is 1.84 bits per heavy atom. The Hall–Kier alpha value is -7.91. The van der Waals surface area contributed by atoms with E-state index in [0.29, 0.717) is 101 Å². The molecule has 0 amide bonds. The van der Waals surface area contributed by atoms with Gasteiger partial charge in [0.05, 0.1) is 43.9 Å². The Labute approximate surface area is 402 Å². The van der Waals surface area contributed by atoms with Gasteiger partial charge in [0.1, 0.15) is 33.3 Å². The van der Waals surface area contributed by atoms with Crippen molar-refractivity contribution in [3.8, 4) is 22.6 Å². The van der Waals surface area contributed by atoms with Gasteiger partial charge in [-0.1, -0.05) is 23.1 Å². The van der Waals surface area contributed by atoms with Crippen LogP contribution in [0.5, 0.6) is 11.5 Å². The fourth-order valence-corrected chi connectivity index (χ4v) is 8.42. The molecule has 0 saturated carbocycles. The Bertz CT molecular complexity index is 3360. The lowest BCUT2D eigenvalue weighted by molar-refractivity contribution is -0.0473. The number of anilines is 2. The van der Waals surface area contributed by atoms with Gasteiger partial charge in [0.15, 0.2) is 6.29 Å². The minimum Gasteiger partial charge on any atom is -0.493 e. The highest BCUT2D eigenvalue weighted by Crippen LogP contribution is 2.34. The molecule has 1 fully saturated rings. The molecule has 0 bridgehead atoms. The number of ether oxygens (including phenoxy) is 4. The van der Waals surface area contributed by atoms with Crippen LogP contribution in [0.25, 0.3) is 32.1 Å². The van der Waals surface area contributed by atoms with E-state index >= 15 is 0 Å². The van der Waals surface area contributed by atoms with E-state index in [4.69, 9.17) is 32.1 Å². The van der Waals surface area contributed by atoms with Gasteiger partial charge in [-0.3, -0.25) is 23.6 Å². The molecule has 8 aromatic rings. The number of halogens is 3. The first-order chi connectivity index (χ1) is 33.5. The molecule has 1 saturated heterocycles. The van der Waals surface area contributed by atoms with E-state index in [1.54, 1.807) is 58.0 Å². The second kappa shape index (κ2) is 20.1. The molecule has 0 spiro atoms. The van der Waals surface area contributed by atoms with E-state index in [-0.39, 0.29) is 42.6 Å². The second-order valence-electron chi connectivity index (χ2n) is 16.0. The molecule has 6 aromatic heterocycles. The molecule has 0 radical (unpaired) electrons. The molecular weight excluding hydrogens is 955 g/mol. The molecular formula is C49H41BrF2N12O5. The minimum atomic E-state index is -0.306. The zero-order valence-electron chi connectivity index (χ0n) is 37.4. The Balaban J connectivity index is 0.000000140. The van der Waals surface area contributed by atoms with Gasteiger partial charge in [0.2, 0.25) is 29.5 Å². The Morgan fingerprint density at radius 1 is 0.710 bits per heavy atom. The molecule has 69 heavy (non-hydrogen) atoms. The van der Waals surface area contributed by atoms with Crippen LogP contribution in [0.15, 0.2) is 78.1 Å². The lowest BCUT2D eigenvalue weighted by Gasteiger charge is -2.13. The molecule has 348 valence electrons. The molecule has 2 N–H and O–H groups in total. The van der Waals surface area contributed by atoms with Crippen molar-refractivity contribution in [1.29, 1.82) is 0 Å². The van der Waals surface area contributed by atoms with Crippen molar-refractivity contribution in [2.75, 3.05) is 37.1 Å². The molecule has 20 heteroatoms. The number of nitrogens with zero attached hydrogens (tertiary/aromatic N) is 10. The number of nitrogens with one attached hydrogen (secondary N) is 2. The third-order valence-corrected chi connectivity index (χ3v) is 12.2. The first-order valence-electron chi connectivity index (χ1n) is 21.6. The van der Waals surface area contributed by atoms with E-state index in [9.17, 15) is 13.6 Å². The largest absolute Gasteiger partial charge is 0.493 e. The average Bonchev–Trinajstić information content (AvgIpc) is 4.23. The van der Waals surface area contributed by atoms with Crippen molar-refractivity contribution in [2.24, 2.45) is 0 Å². The lowest BCUT2D eigenvalue weighted by Crippen LogP contribution is -2.10. The van der Waals surface area contributed by atoms with Crippen LogP contribution in [0.1, 0.15) is 61.4 Å². The standard InChI is InChI=1S/C23H17FN6O2.C16H11BrFN5O.C10H13NO2/c1-13-7-14(12-31)26-8-16(13)18-10-28-23(30-11-21(25-2)29-22(18)30)27-9-17-15-5-6-32-20(15)4-3-19(17)24;1-19-14-8-23-15(22-14)11(17)7-21-16(23)20-6-10-9-4-5-24-13(9)3-2-12(10)18;1-7-5-9(11-6-8(7)2)10-12-3-4-13-10/h3-4,7-8,10-12H,5-6,9H2,1H3,(H,27,28);2-3,7-8H,4-6H2,(H,20,21);5-6,10H,3-4H2,1-2H3. The van der Waals surface area contributed by atoms with Crippen LogP contribution in [-0.2, 0) is 35.4 Å². The third-order valence-electron chi connectivity index (χ3n) is 11.7. The van der Waals surface area contributed by atoms with Crippen LogP contribution in [0.4, 0.5) is 32.3 Å². The molecule has 9 heterocycles.